The number of carbonyl (C=O) groups excluding carboxylic acids is 1. The second-order valence-electron chi connectivity index (χ2n) is 5.79. The first-order chi connectivity index (χ1) is 10.3. The van der Waals surface area contributed by atoms with Crippen LogP contribution in [-0.2, 0) is 9.53 Å². The fourth-order valence-corrected chi connectivity index (χ4v) is 5.47. The van der Waals surface area contributed by atoms with Gasteiger partial charge in [0.1, 0.15) is 0 Å². The molecule has 0 radical (unpaired) electrons. The molecule has 2 nitrogen and oxygen atoms in total. The zero-order valence-corrected chi connectivity index (χ0v) is 19.3. The van der Waals surface area contributed by atoms with Crippen LogP contribution in [-0.4, -0.2) is 16.0 Å². The van der Waals surface area contributed by atoms with Gasteiger partial charge in [-0.2, -0.15) is 0 Å². The van der Waals surface area contributed by atoms with Gasteiger partial charge in [-0.25, -0.2) is 4.79 Å². The number of hydrogen-bond acceptors (Lipinski definition) is 2. The molecule has 22 heavy (non-hydrogen) atoms. The topological polar surface area (TPSA) is 26.3 Å². The molecule has 0 aromatic rings. The third-order valence-electron chi connectivity index (χ3n) is 3.55. The number of unbranched alkanes of at least 4 members (excludes halogenated alkanes) is 8. The summed E-state index contributed by atoms with van der Waals surface area (Å²) in [5.41, 5.74) is 0. The molecular formula is C16H29Br3O2Si. The predicted octanol–water partition coefficient (Wildman–Crippen LogP) is 7.13. The fraction of sp³-hybridized carbons (Fsp3) is 0.812. The van der Waals surface area contributed by atoms with E-state index in [1.54, 1.807) is 0 Å². The maximum atomic E-state index is 11.0. The van der Waals surface area contributed by atoms with Crippen LogP contribution in [0.1, 0.15) is 71.1 Å². The lowest BCUT2D eigenvalue weighted by Gasteiger charge is -2.11. The molecule has 0 aliphatic heterocycles. The number of esters is 1. The van der Waals surface area contributed by atoms with Gasteiger partial charge < -0.3 is 4.74 Å². The minimum absolute atomic E-state index is 0.0134. The van der Waals surface area contributed by atoms with Gasteiger partial charge in [-0.05, 0) is 25.8 Å². The van der Waals surface area contributed by atoms with E-state index >= 15 is 0 Å². The van der Waals surface area contributed by atoms with Crippen molar-refractivity contribution in [2.45, 2.75) is 83.3 Å². The molecule has 1 unspecified atom stereocenters. The van der Waals surface area contributed by atoms with Crippen molar-refractivity contribution in [3.63, 3.8) is 0 Å². The average Bonchev–Trinajstić information content (AvgIpc) is 2.43. The molecule has 0 rings (SSSR count). The van der Waals surface area contributed by atoms with Crippen LogP contribution in [0.15, 0.2) is 12.7 Å². The van der Waals surface area contributed by atoms with E-state index in [0.717, 1.165) is 12.8 Å². The minimum atomic E-state index is -1.37. The van der Waals surface area contributed by atoms with E-state index in [0.29, 0.717) is 0 Å². The highest BCUT2D eigenvalue weighted by Crippen LogP contribution is 2.33. The number of rotatable bonds is 14. The monoisotopic (exact) mass is 518 g/mol. The maximum absolute atomic E-state index is 11.0. The average molecular weight is 521 g/mol. The van der Waals surface area contributed by atoms with Gasteiger partial charge in [-0.15, -0.1) is 0 Å². The number of halogens is 3. The molecular weight excluding hydrogens is 492 g/mol. The summed E-state index contributed by atoms with van der Waals surface area (Å²) < 4.78 is 3.77. The molecule has 1 atom stereocenters. The summed E-state index contributed by atoms with van der Waals surface area (Å²) in [5, 5.41) is 0. The highest BCUT2D eigenvalue weighted by atomic mass is 80.0. The Kier molecular flexibility index (Phi) is 14.8. The predicted molar refractivity (Wildman–Crippen MR) is 109 cm³/mol. The van der Waals surface area contributed by atoms with E-state index in [4.69, 9.17) is 4.74 Å². The number of carbonyl (C=O) groups is 1. The van der Waals surface area contributed by atoms with Crippen molar-refractivity contribution in [1.29, 1.82) is 0 Å². The van der Waals surface area contributed by atoms with Gasteiger partial charge in [0.25, 0.3) is 3.93 Å². The lowest BCUT2D eigenvalue weighted by molar-refractivity contribution is -0.142. The highest BCUT2D eigenvalue weighted by Gasteiger charge is 2.20. The molecule has 0 aliphatic rings. The Morgan fingerprint density at radius 3 is 1.91 bits per heavy atom. The fourth-order valence-electron chi connectivity index (χ4n) is 2.30. The Hall–Kier alpha value is 0.867. The van der Waals surface area contributed by atoms with Gasteiger partial charge in [0.2, 0.25) is 0 Å². The first kappa shape index (κ1) is 22.9. The van der Waals surface area contributed by atoms with Crippen LogP contribution in [0.3, 0.4) is 0 Å². The Labute approximate surface area is 160 Å². The molecule has 0 heterocycles. The summed E-state index contributed by atoms with van der Waals surface area (Å²) in [6.07, 6.45) is 13.9. The van der Waals surface area contributed by atoms with E-state index in [9.17, 15) is 4.79 Å². The van der Waals surface area contributed by atoms with Crippen molar-refractivity contribution in [2.24, 2.45) is 0 Å². The SMILES string of the molecule is C=CC(=O)OC(C)CCCCCCCCCCC[Si](Br)(Br)Br. The van der Waals surface area contributed by atoms with E-state index in [1.807, 2.05) is 6.92 Å². The van der Waals surface area contributed by atoms with E-state index in [2.05, 4.69) is 52.5 Å². The first-order valence-electron chi connectivity index (χ1n) is 8.25. The molecule has 0 saturated carbocycles. The highest BCUT2D eigenvalue weighted by molar-refractivity contribution is 9.72. The summed E-state index contributed by atoms with van der Waals surface area (Å²) >= 11 is 11.0. The van der Waals surface area contributed by atoms with Crippen LogP contribution in [0.4, 0.5) is 0 Å². The molecule has 0 N–H and O–H groups in total. The van der Waals surface area contributed by atoms with Gasteiger partial charge in [0, 0.05) is 6.08 Å². The van der Waals surface area contributed by atoms with Crippen LogP contribution in [0, 0.1) is 0 Å². The van der Waals surface area contributed by atoms with Crippen LogP contribution in [0.5, 0.6) is 0 Å². The molecule has 0 aromatic carbocycles. The van der Waals surface area contributed by atoms with E-state index in [-0.39, 0.29) is 12.1 Å². The van der Waals surface area contributed by atoms with Gasteiger partial charge >= 0.3 is 5.97 Å². The Morgan fingerprint density at radius 2 is 1.45 bits per heavy atom. The quantitative estimate of drug-likeness (QED) is 0.0800. The molecule has 0 bridgehead atoms. The van der Waals surface area contributed by atoms with Gasteiger partial charge in [-0.3, -0.25) is 0 Å². The Morgan fingerprint density at radius 1 is 1.00 bits per heavy atom. The molecule has 0 fully saturated rings. The molecule has 0 aliphatic carbocycles. The first-order valence-corrected chi connectivity index (χ1v) is 17.2. The zero-order chi connectivity index (χ0) is 16.8. The van der Waals surface area contributed by atoms with Crippen molar-refractivity contribution in [1.82, 2.24) is 0 Å². The van der Waals surface area contributed by atoms with Gasteiger partial charge in [-0.1, -0.05) is 104 Å². The van der Waals surface area contributed by atoms with Crippen molar-refractivity contribution in [3.05, 3.63) is 12.7 Å². The molecule has 0 aromatic heterocycles. The molecule has 0 amide bonds. The standard InChI is InChI=1S/C16H29Br3O2Si/c1-3-16(20)21-15(2)13-11-9-7-5-4-6-8-10-12-14-22(17,18)19/h3,15H,1,4-14H2,2H3. The molecule has 130 valence electrons. The van der Waals surface area contributed by atoms with Crippen molar-refractivity contribution < 1.29 is 9.53 Å². The summed E-state index contributed by atoms with van der Waals surface area (Å²) in [5.74, 6) is -0.313. The normalized spacial score (nSPS) is 12.9. The van der Waals surface area contributed by atoms with Gasteiger partial charge in [0.15, 0.2) is 0 Å². The van der Waals surface area contributed by atoms with Crippen molar-refractivity contribution in [2.75, 3.05) is 0 Å². The van der Waals surface area contributed by atoms with Crippen molar-refractivity contribution >= 4 is 55.8 Å². The summed E-state index contributed by atoms with van der Waals surface area (Å²) in [7, 11) is 0. The third-order valence-corrected chi connectivity index (χ3v) is 8.04. The largest absolute Gasteiger partial charge is 0.460 e. The smallest absolute Gasteiger partial charge is 0.330 e. The van der Waals surface area contributed by atoms with Gasteiger partial charge in [0.05, 0.1) is 6.10 Å². The second-order valence-corrected chi connectivity index (χ2v) is 29.3. The minimum Gasteiger partial charge on any atom is -0.460 e. The number of ether oxygens (including phenoxy) is 1. The summed E-state index contributed by atoms with van der Waals surface area (Å²) in [4.78, 5) is 11.0. The van der Waals surface area contributed by atoms with Crippen LogP contribution >= 0.6 is 45.9 Å². The molecule has 0 spiro atoms. The second kappa shape index (κ2) is 14.2. The lowest BCUT2D eigenvalue weighted by atomic mass is 10.1. The summed E-state index contributed by atoms with van der Waals surface area (Å²) in [6, 6.07) is 1.24. The molecule has 0 saturated heterocycles. The zero-order valence-electron chi connectivity index (χ0n) is 13.6. The number of hydrogen-bond donors (Lipinski definition) is 0. The van der Waals surface area contributed by atoms with Crippen LogP contribution < -0.4 is 0 Å². The maximum Gasteiger partial charge on any atom is 0.330 e. The Balaban J connectivity index is 3.24. The van der Waals surface area contributed by atoms with E-state index in [1.165, 1.54) is 63.5 Å². The van der Waals surface area contributed by atoms with Crippen LogP contribution in [0.25, 0.3) is 0 Å². The summed E-state index contributed by atoms with van der Waals surface area (Å²) in [6.45, 7) is 5.35. The van der Waals surface area contributed by atoms with Crippen LogP contribution in [0.2, 0.25) is 6.04 Å². The van der Waals surface area contributed by atoms with Crippen molar-refractivity contribution in [3.8, 4) is 0 Å². The Bertz CT molecular complexity index is 306. The third kappa shape index (κ3) is 17.2. The lowest BCUT2D eigenvalue weighted by Crippen LogP contribution is -2.12. The van der Waals surface area contributed by atoms with E-state index < -0.39 is 3.93 Å². The molecule has 6 heteroatoms.